The first kappa shape index (κ1) is 9.38. The summed E-state index contributed by atoms with van der Waals surface area (Å²) in [5.74, 6) is -0.0765. The van der Waals surface area contributed by atoms with Crippen molar-refractivity contribution in [2.45, 2.75) is 13.8 Å². The molecule has 0 aliphatic heterocycles. The van der Waals surface area contributed by atoms with E-state index >= 15 is 0 Å². The summed E-state index contributed by atoms with van der Waals surface area (Å²) in [4.78, 5) is 20.9. The Morgan fingerprint density at radius 1 is 1.46 bits per heavy atom. The van der Waals surface area contributed by atoms with E-state index in [0.717, 1.165) is 0 Å². The van der Waals surface area contributed by atoms with Crippen LogP contribution in [0.2, 0.25) is 0 Å². The zero-order chi connectivity index (χ0) is 10.0. The van der Waals surface area contributed by atoms with Crippen LogP contribution in [-0.4, -0.2) is 10.7 Å². The highest BCUT2D eigenvalue weighted by Crippen LogP contribution is 2.17. The average Bonchev–Trinajstić information content (AvgIpc) is 2.03. The molecule has 0 fully saturated rings. The van der Waals surface area contributed by atoms with Crippen molar-refractivity contribution in [2.75, 3.05) is 0 Å². The van der Waals surface area contributed by atoms with Crippen molar-refractivity contribution < 1.29 is 9.72 Å². The smallest absolute Gasteiger partial charge is 0.269 e. The molecule has 0 unspecified atom stereocenters. The van der Waals surface area contributed by atoms with Crippen molar-refractivity contribution in [1.29, 1.82) is 0 Å². The quantitative estimate of drug-likeness (QED) is 0.397. The first-order chi connectivity index (χ1) is 6.02. The summed E-state index contributed by atoms with van der Waals surface area (Å²) in [5, 5.41) is 10.4. The minimum absolute atomic E-state index is 0.0162. The fourth-order valence-corrected chi connectivity index (χ4v) is 1.16. The van der Waals surface area contributed by atoms with Crippen LogP contribution in [0.3, 0.4) is 0 Å². The van der Waals surface area contributed by atoms with Crippen LogP contribution in [0.15, 0.2) is 18.2 Å². The summed E-state index contributed by atoms with van der Waals surface area (Å²) < 4.78 is 0. The Labute approximate surface area is 75.3 Å². The van der Waals surface area contributed by atoms with E-state index in [1.807, 2.05) is 0 Å². The van der Waals surface area contributed by atoms with Gasteiger partial charge in [0.15, 0.2) is 5.78 Å². The Hall–Kier alpha value is -1.71. The van der Waals surface area contributed by atoms with Gasteiger partial charge in [-0.15, -0.1) is 0 Å². The predicted molar refractivity (Wildman–Crippen MR) is 47.8 cm³/mol. The number of hydrogen-bond acceptors (Lipinski definition) is 3. The number of nitro groups is 1. The van der Waals surface area contributed by atoms with Gasteiger partial charge in [-0.25, -0.2) is 0 Å². The number of aryl methyl sites for hydroxylation is 1. The van der Waals surface area contributed by atoms with Crippen LogP contribution < -0.4 is 0 Å². The highest BCUT2D eigenvalue weighted by Gasteiger charge is 2.09. The Balaban J connectivity index is 3.20. The van der Waals surface area contributed by atoms with E-state index in [0.29, 0.717) is 11.1 Å². The second-order valence-corrected chi connectivity index (χ2v) is 2.81. The Kier molecular flexibility index (Phi) is 2.41. The van der Waals surface area contributed by atoms with Crippen LogP contribution in [0.1, 0.15) is 22.8 Å². The molecule has 1 aromatic rings. The van der Waals surface area contributed by atoms with Gasteiger partial charge in [0.1, 0.15) is 0 Å². The van der Waals surface area contributed by atoms with Crippen LogP contribution in [0.25, 0.3) is 0 Å². The summed E-state index contributed by atoms with van der Waals surface area (Å²) in [6, 6.07) is 4.22. The molecule has 4 heteroatoms. The zero-order valence-electron chi connectivity index (χ0n) is 7.40. The topological polar surface area (TPSA) is 60.2 Å². The van der Waals surface area contributed by atoms with E-state index in [1.165, 1.54) is 25.1 Å². The molecule has 68 valence electrons. The molecule has 0 spiro atoms. The molecule has 0 atom stereocenters. The highest BCUT2D eigenvalue weighted by atomic mass is 16.6. The average molecular weight is 179 g/mol. The maximum Gasteiger partial charge on any atom is 0.269 e. The van der Waals surface area contributed by atoms with Gasteiger partial charge in [0, 0.05) is 17.7 Å². The summed E-state index contributed by atoms with van der Waals surface area (Å²) in [6.45, 7) is 3.12. The van der Waals surface area contributed by atoms with Crippen molar-refractivity contribution in [1.82, 2.24) is 0 Å². The lowest BCUT2D eigenvalue weighted by atomic mass is 10.1. The van der Waals surface area contributed by atoms with Gasteiger partial charge in [-0.2, -0.15) is 0 Å². The van der Waals surface area contributed by atoms with E-state index in [4.69, 9.17) is 0 Å². The minimum Gasteiger partial charge on any atom is -0.295 e. The monoisotopic (exact) mass is 179 g/mol. The summed E-state index contributed by atoms with van der Waals surface area (Å²) in [6.07, 6.45) is 0. The third kappa shape index (κ3) is 1.90. The van der Waals surface area contributed by atoms with E-state index in [1.54, 1.807) is 6.92 Å². The number of rotatable bonds is 2. The Morgan fingerprint density at radius 3 is 2.46 bits per heavy atom. The van der Waals surface area contributed by atoms with Gasteiger partial charge in [0.05, 0.1) is 4.92 Å². The van der Waals surface area contributed by atoms with Gasteiger partial charge in [0.25, 0.3) is 5.69 Å². The summed E-state index contributed by atoms with van der Waals surface area (Å²) >= 11 is 0. The molecule has 0 saturated carbocycles. The molecule has 0 bridgehead atoms. The van der Waals surface area contributed by atoms with E-state index < -0.39 is 4.92 Å². The lowest BCUT2D eigenvalue weighted by molar-refractivity contribution is -0.384. The molecule has 0 heterocycles. The third-order valence-corrected chi connectivity index (χ3v) is 1.80. The molecule has 0 saturated heterocycles. The molecule has 0 aromatic heterocycles. The van der Waals surface area contributed by atoms with Crippen molar-refractivity contribution in [3.8, 4) is 0 Å². The number of carbonyl (C=O) groups excluding carboxylic acids is 1. The van der Waals surface area contributed by atoms with Gasteiger partial charge in [-0.3, -0.25) is 14.9 Å². The fourth-order valence-electron chi connectivity index (χ4n) is 1.16. The molecular weight excluding hydrogens is 170 g/mol. The zero-order valence-corrected chi connectivity index (χ0v) is 7.40. The van der Waals surface area contributed by atoms with Gasteiger partial charge < -0.3 is 0 Å². The SMILES string of the molecule is CC(=O)c1ccc([N+](=O)[O-])cc1C. The second-order valence-electron chi connectivity index (χ2n) is 2.81. The number of nitrogens with zero attached hydrogens (tertiary/aromatic N) is 1. The Bertz CT molecular complexity index is 371. The molecule has 13 heavy (non-hydrogen) atoms. The van der Waals surface area contributed by atoms with Crippen molar-refractivity contribution in [3.63, 3.8) is 0 Å². The fraction of sp³-hybridized carbons (Fsp3) is 0.222. The second kappa shape index (κ2) is 3.35. The molecule has 1 rings (SSSR count). The molecule has 0 aliphatic rings. The van der Waals surface area contributed by atoms with E-state index in [2.05, 4.69) is 0 Å². The van der Waals surface area contributed by atoms with Crippen LogP contribution in [0.5, 0.6) is 0 Å². The molecule has 0 amide bonds. The van der Waals surface area contributed by atoms with Gasteiger partial charge in [0.2, 0.25) is 0 Å². The van der Waals surface area contributed by atoms with Crippen LogP contribution in [0.4, 0.5) is 5.69 Å². The molecule has 4 nitrogen and oxygen atoms in total. The standard InChI is InChI=1S/C9H9NO3/c1-6-5-8(10(12)13)3-4-9(6)7(2)11/h3-5H,1-2H3. The van der Waals surface area contributed by atoms with E-state index in [9.17, 15) is 14.9 Å². The number of Topliss-reactive ketones (excluding diaryl/α,β-unsaturated/α-hetero) is 1. The van der Waals surface area contributed by atoms with Crippen LogP contribution in [0, 0.1) is 17.0 Å². The first-order valence-corrected chi connectivity index (χ1v) is 3.78. The largest absolute Gasteiger partial charge is 0.295 e. The van der Waals surface area contributed by atoms with Gasteiger partial charge in [-0.1, -0.05) is 0 Å². The Morgan fingerprint density at radius 2 is 2.08 bits per heavy atom. The van der Waals surface area contributed by atoms with Crippen LogP contribution >= 0.6 is 0 Å². The first-order valence-electron chi connectivity index (χ1n) is 3.78. The number of non-ortho nitro benzene ring substituents is 1. The summed E-state index contributed by atoms with van der Waals surface area (Å²) in [7, 11) is 0. The maximum absolute atomic E-state index is 11.0. The number of ketones is 1. The number of benzene rings is 1. The van der Waals surface area contributed by atoms with Crippen LogP contribution in [-0.2, 0) is 0 Å². The molecular formula is C9H9NO3. The molecule has 0 radical (unpaired) electrons. The lowest BCUT2D eigenvalue weighted by Gasteiger charge is -1.99. The summed E-state index contributed by atoms with van der Waals surface area (Å²) in [5.41, 5.74) is 1.19. The molecule has 0 N–H and O–H groups in total. The van der Waals surface area contributed by atoms with Crippen molar-refractivity contribution in [3.05, 3.63) is 39.4 Å². The highest BCUT2D eigenvalue weighted by molar-refractivity contribution is 5.95. The predicted octanol–water partition coefficient (Wildman–Crippen LogP) is 2.11. The lowest BCUT2D eigenvalue weighted by Crippen LogP contribution is -1.97. The van der Waals surface area contributed by atoms with E-state index in [-0.39, 0.29) is 11.5 Å². The van der Waals surface area contributed by atoms with Crippen molar-refractivity contribution >= 4 is 11.5 Å². The van der Waals surface area contributed by atoms with Gasteiger partial charge in [-0.05, 0) is 25.5 Å². The maximum atomic E-state index is 11.0. The molecule has 0 aliphatic carbocycles. The normalized spacial score (nSPS) is 9.69. The van der Waals surface area contributed by atoms with Crippen molar-refractivity contribution in [2.24, 2.45) is 0 Å². The number of hydrogen-bond donors (Lipinski definition) is 0. The van der Waals surface area contributed by atoms with Gasteiger partial charge >= 0.3 is 0 Å². The third-order valence-electron chi connectivity index (χ3n) is 1.80. The number of carbonyl (C=O) groups is 1. The molecule has 1 aromatic carbocycles. The number of nitro benzene ring substituents is 1. The minimum atomic E-state index is -0.475.